The zero-order chi connectivity index (χ0) is 14.4. The Balaban J connectivity index is 2.08. The van der Waals surface area contributed by atoms with Gasteiger partial charge in [-0.1, -0.05) is 50.1 Å². The SMILES string of the molecule is CC1(C(=O)N(CCCN)Cc2ccccc2)CCCC1. The van der Waals surface area contributed by atoms with Crippen LogP contribution in [0.25, 0.3) is 0 Å². The summed E-state index contributed by atoms with van der Waals surface area (Å²) in [7, 11) is 0. The molecule has 1 aromatic carbocycles. The van der Waals surface area contributed by atoms with Crippen LogP contribution in [0.1, 0.15) is 44.6 Å². The second kappa shape index (κ2) is 6.89. The molecule has 2 N–H and O–H groups in total. The third-order valence-electron chi connectivity index (χ3n) is 4.36. The minimum atomic E-state index is -0.149. The third-order valence-corrected chi connectivity index (χ3v) is 4.36. The van der Waals surface area contributed by atoms with Gasteiger partial charge < -0.3 is 10.6 Å². The van der Waals surface area contributed by atoms with Crippen LogP contribution in [0, 0.1) is 5.41 Å². The van der Waals surface area contributed by atoms with Gasteiger partial charge in [0.15, 0.2) is 0 Å². The summed E-state index contributed by atoms with van der Waals surface area (Å²) in [5, 5.41) is 0. The van der Waals surface area contributed by atoms with Crippen molar-refractivity contribution in [3.8, 4) is 0 Å². The maximum Gasteiger partial charge on any atom is 0.228 e. The fourth-order valence-corrected chi connectivity index (χ4v) is 3.09. The van der Waals surface area contributed by atoms with Crippen molar-refractivity contribution in [1.82, 2.24) is 4.90 Å². The summed E-state index contributed by atoms with van der Waals surface area (Å²) < 4.78 is 0. The molecule has 3 nitrogen and oxygen atoms in total. The topological polar surface area (TPSA) is 46.3 Å². The van der Waals surface area contributed by atoms with Crippen molar-refractivity contribution in [2.24, 2.45) is 11.1 Å². The van der Waals surface area contributed by atoms with Crippen molar-refractivity contribution >= 4 is 5.91 Å². The number of carbonyl (C=O) groups is 1. The van der Waals surface area contributed by atoms with Crippen LogP contribution in [-0.4, -0.2) is 23.9 Å². The highest BCUT2D eigenvalue weighted by molar-refractivity contribution is 5.82. The Morgan fingerprint density at radius 2 is 1.90 bits per heavy atom. The molecule has 1 saturated carbocycles. The van der Waals surface area contributed by atoms with Gasteiger partial charge >= 0.3 is 0 Å². The van der Waals surface area contributed by atoms with E-state index < -0.39 is 0 Å². The standard InChI is InChI=1S/C17H26N2O/c1-17(10-5-6-11-17)16(20)19(13-7-12-18)14-15-8-3-2-4-9-15/h2-4,8-9H,5-7,10-14,18H2,1H3. The van der Waals surface area contributed by atoms with Crippen molar-refractivity contribution in [3.63, 3.8) is 0 Å². The van der Waals surface area contributed by atoms with Crippen LogP contribution in [-0.2, 0) is 11.3 Å². The molecule has 0 heterocycles. The largest absolute Gasteiger partial charge is 0.338 e. The molecule has 0 aliphatic heterocycles. The molecular formula is C17H26N2O. The molecule has 110 valence electrons. The van der Waals surface area contributed by atoms with E-state index in [-0.39, 0.29) is 5.41 Å². The molecule has 1 aromatic rings. The number of carbonyl (C=O) groups excluding carboxylic acids is 1. The van der Waals surface area contributed by atoms with Crippen molar-refractivity contribution in [2.45, 2.75) is 45.6 Å². The quantitative estimate of drug-likeness (QED) is 0.867. The zero-order valence-corrected chi connectivity index (χ0v) is 12.5. The monoisotopic (exact) mass is 274 g/mol. The Morgan fingerprint density at radius 3 is 2.50 bits per heavy atom. The predicted molar refractivity (Wildman–Crippen MR) is 82.1 cm³/mol. The maximum absolute atomic E-state index is 12.9. The van der Waals surface area contributed by atoms with Crippen LogP contribution in [0.3, 0.4) is 0 Å². The Bertz CT molecular complexity index is 424. The molecule has 0 bridgehead atoms. The van der Waals surface area contributed by atoms with E-state index in [1.807, 2.05) is 23.1 Å². The van der Waals surface area contributed by atoms with Gasteiger partial charge in [-0.05, 0) is 31.4 Å². The van der Waals surface area contributed by atoms with Crippen molar-refractivity contribution in [1.29, 1.82) is 0 Å². The molecule has 0 saturated heterocycles. The Kier molecular flexibility index (Phi) is 5.18. The second-order valence-corrected chi connectivity index (χ2v) is 6.12. The lowest BCUT2D eigenvalue weighted by molar-refractivity contribution is -0.141. The number of nitrogens with two attached hydrogens (primary N) is 1. The normalized spacial score (nSPS) is 17.1. The van der Waals surface area contributed by atoms with Gasteiger partial charge in [-0.3, -0.25) is 4.79 Å². The average Bonchev–Trinajstić information content (AvgIpc) is 2.92. The predicted octanol–water partition coefficient (Wildman–Crippen LogP) is 2.94. The molecule has 1 fully saturated rings. The van der Waals surface area contributed by atoms with Gasteiger partial charge in [-0.15, -0.1) is 0 Å². The highest BCUT2D eigenvalue weighted by Gasteiger charge is 2.38. The first-order valence-corrected chi connectivity index (χ1v) is 7.69. The minimum absolute atomic E-state index is 0.149. The van der Waals surface area contributed by atoms with Crippen LogP contribution in [0.2, 0.25) is 0 Å². The number of benzene rings is 1. The highest BCUT2D eigenvalue weighted by atomic mass is 16.2. The van der Waals surface area contributed by atoms with E-state index in [1.165, 1.54) is 18.4 Å². The van der Waals surface area contributed by atoms with E-state index in [0.717, 1.165) is 25.8 Å². The number of amides is 1. The number of hydrogen-bond acceptors (Lipinski definition) is 2. The van der Waals surface area contributed by atoms with Gasteiger partial charge in [-0.25, -0.2) is 0 Å². The van der Waals surface area contributed by atoms with E-state index in [1.54, 1.807) is 0 Å². The Hall–Kier alpha value is -1.35. The van der Waals surface area contributed by atoms with Crippen LogP contribution in [0.15, 0.2) is 30.3 Å². The number of rotatable bonds is 6. The molecule has 0 aromatic heterocycles. The summed E-state index contributed by atoms with van der Waals surface area (Å²) in [6.45, 7) is 4.23. The zero-order valence-electron chi connectivity index (χ0n) is 12.5. The molecule has 1 aliphatic carbocycles. The van der Waals surface area contributed by atoms with Crippen LogP contribution in [0.4, 0.5) is 0 Å². The summed E-state index contributed by atoms with van der Waals surface area (Å²) in [5.74, 6) is 0.312. The van der Waals surface area contributed by atoms with E-state index in [9.17, 15) is 4.79 Å². The molecule has 20 heavy (non-hydrogen) atoms. The molecule has 0 radical (unpaired) electrons. The minimum Gasteiger partial charge on any atom is -0.338 e. The van der Waals surface area contributed by atoms with E-state index >= 15 is 0 Å². The highest BCUT2D eigenvalue weighted by Crippen LogP contribution is 2.39. The van der Waals surface area contributed by atoms with Crippen LogP contribution in [0.5, 0.6) is 0 Å². The molecule has 1 aliphatic rings. The fourth-order valence-electron chi connectivity index (χ4n) is 3.09. The van der Waals surface area contributed by atoms with Gasteiger partial charge in [0.2, 0.25) is 5.91 Å². The number of hydrogen-bond donors (Lipinski definition) is 1. The van der Waals surface area contributed by atoms with E-state index in [0.29, 0.717) is 19.0 Å². The summed E-state index contributed by atoms with van der Waals surface area (Å²) in [6, 6.07) is 10.2. The smallest absolute Gasteiger partial charge is 0.228 e. The van der Waals surface area contributed by atoms with Crippen LogP contribution >= 0.6 is 0 Å². The van der Waals surface area contributed by atoms with Crippen molar-refractivity contribution in [2.75, 3.05) is 13.1 Å². The van der Waals surface area contributed by atoms with Crippen molar-refractivity contribution < 1.29 is 4.79 Å². The Labute approximate surface area is 122 Å². The van der Waals surface area contributed by atoms with Gasteiger partial charge in [0, 0.05) is 18.5 Å². The first-order chi connectivity index (χ1) is 9.65. The molecule has 2 rings (SSSR count). The summed E-state index contributed by atoms with van der Waals surface area (Å²) >= 11 is 0. The lowest BCUT2D eigenvalue weighted by Gasteiger charge is -2.32. The molecule has 0 spiro atoms. The summed E-state index contributed by atoms with van der Waals surface area (Å²) in [6.07, 6.45) is 5.28. The summed E-state index contributed by atoms with van der Waals surface area (Å²) in [5.41, 5.74) is 6.66. The van der Waals surface area contributed by atoms with Gasteiger partial charge in [0.05, 0.1) is 0 Å². The first kappa shape index (κ1) is 15.0. The lowest BCUT2D eigenvalue weighted by Crippen LogP contribution is -2.41. The van der Waals surface area contributed by atoms with Gasteiger partial charge in [0.25, 0.3) is 0 Å². The first-order valence-electron chi connectivity index (χ1n) is 7.69. The molecule has 0 atom stereocenters. The molecule has 1 amide bonds. The van der Waals surface area contributed by atoms with Gasteiger partial charge in [0.1, 0.15) is 0 Å². The molecular weight excluding hydrogens is 248 g/mol. The Morgan fingerprint density at radius 1 is 1.25 bits per heavy atom. The van der Waals surface area contributed by atoms with E-state index in [4.69, 9.17) is 5.73 Å². The third kappa shape index (κ3) is 3.60. The fraction of sp³-hybridized carbons (Fsp3) is 0.588. The molecule has 3 heteroatoms. The average molecular weight is 274 g/mol. The van der Waals surface area contributed by atoms with Crippen molar-refractivity contribution in [3.05, 3.63) is 35.9 Å². The maximum atomic E-state index is 12.9. The van der Waals surface area contributed by atoms with Gasteiger partial charge in [-0.2, -0.15) is 0 Å². The molecule has 0 unspecified atom stereocenters. The second-order valence-electron chi connectivity index (χ2n) is 6.12. The summed E-state index contributed by atoms with van der Waals surface area (Å²) in [4.78, 5) is 14.9. The lowest BCUT2D eigenvalue weighted by atomic mass is 9.87. The van der Waals surface area contributed by atoms with Crippen LogP contribution < -0.4 is 5.73 Å². The van der Waals surface area contributed by atoms with E-state index in [2.05, 4.69) is 19.1 Å². The number of nitrogens with zero attached hydrogens (tertiary/aromatic N) is 1.